The fourth-order valence-electron chi connectivity index (χ4n) is 3.44. The molecule has 2 N–H and O–H groups in total. The van der Waals surface area contributed by atoms with Crippen molar-refractivity contribution in [3.8, 4) is 0 Å². The molecule has 0 fully saturated rings. The molecule has 0 spiro atoms. The monoisotopic (exact) mass is 342 g/mol. The smallest absolute Gasteiger partial charge is 0.323 e. The number of benzene rings is 2. The minimum Gasteiger partial charge on any atom is -0.468 e. The largest absolute Gasteiger partial charge is 0.468 e. The number of carbonyl (C=O) groups excluding carboxylic acids is 1. The van der Waals surface area contributed by atoms with Crippen molar-refractivity contribution < 1.29 is 9.53 Å². The second-order valence-corrected chi connectivity index (χ2v) is 5.85. The highest BCUT2D eigenvalue weighted by Crippen LogP contribution is 2.35. The predicted molar refractivity (Wildman–Crippen MR) is 96.5 cm³/mol. The lowest BCUT2D eigenvalue weighted by atomic mass is 9.90. The summed E-state index contributed by atoms with van der Waals surface area (Å²) >= 11 is 0. The van der Waals surface area contributed by atoms with Crippen molar-refractivity contribution >= 4 is 29.3 Å². The summed E-state index contributed by atoms with van der Waals surface area (Å²) in [5.74, 6) is -0.220. The molecule has 0 saturated heterocycles. The van der Waals surface area contributed by atoms with E-state index in [1.54, 1.807) is 0 Å². The number of ether oxygens (including phenoxy) is 1. The van der Waals surface area contributed by atoms with Gasteiger partial charge >= 0.3 is 5.97 Å². The van der Waals surface area contributed by atoms with Gasteiger partial charge in [0.15, 0.2) is 0 Å². The van der Waals surface area contributed by atoms with Gasteiger partial charge in [-0.2, -0.15) is 0 Å². The maximum atomic E-state index is 12.1. The van der Waals surface area contributed by atoms with Gasteiger partial charge in [0.1, 0.15) is 6.04 Å². The van der Waals surface area contributed by atoms with Crippen molar-refractivity contribution in [2.24, 2.45) is 0 Å². The number of aromatic nitrogens is 1. The van der Waals surface area contributed by atoms with Gasteiger partial charge in [-0.1, -0.05) is 48.5 Å². The zero-order valence-electron chi connectivity index (χ0n) is 13.3. The average Bonchev–Trinajstić information content (AvgIpc) is 2.99. The van der Waals surface area contributed by atoms with Crippen LogP contribution in [0.2, 0.25) is 0 Å². The van der Waals surface area contributed by atoms with E-state index in [1.807, 2.05) is 30.3 Å². The van der Waals surface area contributed by atoms with E-state index in [0.29, 0.717) is 6.42 Å². The Kier molecular flexibility index (Phi) is 4.60. The van der Waals surface area contributed by atoms with Crippen LogP contribution in [0.5, 0.6) is 0 Å². The third-order valence-electron chi connectivity index (χ3n) is 4.53. The quantitative estimate of drug-likeness (QED) is 0.702. The summed E-state index contributed by atoms with van der Waals surface area (Å²) in [4.78, 5) is 15.6. The van der Waals surface area contributed by atoms with Crippen LogP contribution in [0.15, 0.2) is 54.6 Å². The number of para-hydroxylation sites is 1. The van der Waals surface area contributed by atoms with Gasteiger partial charge < -0.3 is 9.72 Å². The lowest BCUT2D eigenvalue weighted by Gasteiger charge is -2.30. The molecule has 124 valence electrons. The number of hydrogen-bond donors (Lipinski definition) is 2. The van der Waals surface area contributed by atoms with Gasteiger partial charge in [0.05, 0.1) is 13.2 Å². The third kappa shape index (κ3) is 2.68. The number of fused-ring (bicyclic) bond motifs is 3. The molecule has 2 aromatic carbocycles. The Balaban J connectivity index is 0.00000169. The van der Waals surface area contributed by atoms with Gasteiger partial charge in [-0.25, -0.2) is 0 Å². The maximum absolute atomic E-state index is 12.1. The Morgan fingerprint density at radius 1 is 1.08 bits per heavy atom. The van der Waals surface area contributed by atoms with Crippen LogP contribution in [0.1, 0.15) is 22.9 Å². The molecule has 24 heavy (non-hydrogen) atoms. The first-order chi connectivity index (χ1) is 11.3. The van der Waals surface area contributed by atoms with E-state index in [1.165, 1.54) is 18.1 Å². The van der Waals surface area contributed by atoms with Crippen LogP contribution in [0.4, 0.5) is 0 Å². The van der Waals surface area contributed by atoms with E-state index < -0.39 is 0 Å². The van der Waals surface area contributed by atoms with Crippen LogP contribution in [-0.4, -0.2) is 24.1 Å². The second kappa shape index (κ2) is 6.67. The first-order valence-electron chi connectivity index (χ1n) is 7.76. The van der Waals surface area contributed by atoms with Gasteiger partial charge in [-0.3, -0.25) is 10.1 Å². The Labute approximate surface area is 146 Å². The molecule has 5 heteroatoms. The lowest BCUT2D eigenvalue weighted by molar-refractivity contribution is -0.143. The van der Waals surface area contributed by atoms with Crippen molar-refractivity contribution in [3.63, 3.8) is 0 Å². The molecule has 1 aromatic heterocycles. The molecule has 0 aliphatic carbocycles. The SMILES string of the molecule is COC(=O)[C@@H]1Cc2c([nH]c3ccccc23)[C@@H](c2ccccc2)N1.Cl. The van der Waals surface area contributed by atoms with Crippen molar-refractivity contribution in [1.82, 2.24) is 10.3 Å². The van der Waals surface area contributed by atoms with E-state index in [2.05, 4.69) is 34.6 Å². The second-order valence-electron chi connectivity index (χ2n) is 5.85. The van der Waals surface area contributed by atoms with Crippen molar-refractivity contribution in [2.45, 2.75) is 18.5 Å². The minimum absolute atomic E-state index is 0. The molecule has 2 atom stereocenters. The summed E-state index contributed by atoms with van der Waals surface area (Å²) in [7, 11) is 1.44. The van der Waals surface area contributed by atoms with Crippen LogP contribution in [0.25, 0.3) is 10.9 Å². The molecular weight excluding hydrogens is 324 g/mol. The molecule has 0 bridgehead atoms. The fourth-order valence-corrected chi connectivity index (χ4v) is 3.44. The summed E-state index contributed by atoms with van der Waals surface area (Å²) in [6.07, 6.45) is 0.634. The Morgan fingerprint density at radius 2 is 1.79 bits per heavy atom. The average molecular weight is 343 g/mol. The number of carbonyl (C=O) groups is 1. The standard InChI is InChI=1S/C19H18N2O2.ClH/c1-23-19(22)16-11-14-13-9-5-6-10-15(13)20-18(14)17(21-16)12-7-3-2-4-8-12;/h2-10,16-17,20-21H,11H2,1H3;1H/t16-,17+;/m0./s1. The number of methoxy groups -OCH3 is 1. The molecule has 0 unspecified atom stereocenters. The number of hydrogen-bond acceptors (Lipinski definition) is 3. The molecule has 1 aliphatic rings. The van der Waals surface area contributed by atoms with E-state index in [4.69, 9.17) is 4.74 Å². The minimum atomic E-state index is -0.336. The number of esters is 1. The normalized spacial score (nSPS) is 19.4. The van der Waals surface area contributed by atoms with Crippen molar-refractivity contribution in [1.29, 1.82) is 0 Å². The molecule has 4 rings (SSSR count). The highest BCUT2D eigenvalue weighted by Gasteiger charge is 2.34. The first-order valence-corrected chi connectivity index (χ1v) is 7.76. The van der Waals surface area contributed by atoms with Crippen molar-refractivity contribution in [2.75, 3.05) is 7.11 Å². The van der Waals surface area contributed by atoms with E-state index >= 15 is 0 Å². The van der Waals surface area contributed by atoms with Gasteiger partial charge in [0, 0.05) is 23.0 Å². The topological polar surface area (TPSA) is 54.1 Å². The number of halogens is 1. The summed E-state index contributed by atoms with van der Waals surface area (Å²) in [5.41, 5.74) is 4.57. The van der Waals surface area contributed by atoms with Gasteiger partial charge in [-0.15, -0.1) is 12.4 Å². The van der Waals surface area contributed by atoms with E-state index in [9.17, 15) is 4.79 Å². The fraction of sp³-hybridized carbons (Fsp3) is 0.211. The van der Waals surface area contributed by atoms with Crippen LogP contribution < -0.4 is 5.32 Å². The number of nitrogens with one attached hydrogen (secondary N) is 2. The summed E-state index contributed by atoms with van der Waals surface area (Å²) in [5, 5.41) is 4.61. The molecule has 1 aliphatic heterocycles. The van der Waals surface area contributed by atoms with Crippen LogP contribution in [-0.2, 0) is 16.0 Å². The Morgan fingerprint density at radius 3 is 2.54 bits per heavy atom. The lowest BCUT2D eigenvalue weighted by Crippen LogP contribution is -2.45. The van der Waals surface area contributed by atoms with Gasteiger partial charge in [0.25, 0.3) is 0 Å². The van der Waals surface area contributed by atoms with Crippen LogP contribution >= 0.6 is 12.4 Å². The first kappa shape index (κ1) is 16.6. The van der Waals surface area contributed by atoms with Crippen LogP contribution in [0.3, 0.4) is 0 Å². The molecule has 0 radical (unpaired) electrons. The maximum Gasteiger partial charge on any atom is 0.323 e. The van der Waals surface area contributed by atoms with E-state index in [-0.39, 0.29) is 30.5 Å². The zero-order chi connectivity index (χ0) is 15.8. The van der Waals surface area contributed by atoms with Gasteiger partial charge in [-0.05, 0) is 17.2 Å². The molecule has 0 amide bonds. The van der Waals surface area contributed by atoms with Gasteiger partial charge in [0.2, 0.25) is 0 Å². The Bertz CT molecular complexity index is 860. The summed E-state index contributed by atoms with van der Waals surface area (Å²) < 4.78 is 4.97. The summed E-state index contributed by atoms with van der Waals surface area (Å²) in [6.45, 7) is 0. The molecular formula is C19H19ClN2O2. The Hall–Kier alpha value is -2.30. The molecule has 3 aromatic rings. The summed E-state index contributed by atoms with van der Waals surface area (Å²) in [6, 6.07) is 18.0. The number of H-pyrrole nitrogens is 1. The molecule has 2 heterocycles. The highest BCUT2D eigenvalue weighted by molar-refractivity contribution is 5.87. The van der Waals surface area contributed by atoms with Crippen molar-refractivity contribution in [3.05, 3.63) is 71.4 Å². The van der Waals surface area contributed by atoms with E-state index in [0.717, 1.165) is 16.8 Å². The highest BCUT2D eigenvalue weighted by atomic mass is 35.5. The zero-order valence-corrected chi connectivity index (χ0v) is 14.1. The third-order valence-corrected chi connectivity index (χ3v) is 4.53. The van der Waals surface area contributed by atoms with Crippen LogP contribution in [0, 0.1) is 0 Å². The molecule has 4 nitrogen and oxygen atoms in total. The predicted octanol–water partition coefficient (Wildman–Crippen LogP) is 3.37. The number of rotatable bonds is 2. The number of aromatic amines is 1. The molecule has 0 saturated carbocycles.